The smallest absolute Gasteiger partial charge is 0.433 e. The second kappa shape index (κ2) is 15.1. The first-order valence-electron chi connectivity index (χ1n) is 16.4. The fourth-order valence-electron chi connectivity index (χ4n) is 5.73. The van der Waals surface area contributed by atoms with Crippen LogP contribution in [-0.4, -0.2) is 33.7 Å². The fraction of sp³-hybridized carbons (Fsp3) is 0.154. The number of benzene rings is 3. The molecule has 0 radical (unpaired) electrons. The number of hydrogen-bond donors (Lipinski definition) is 0. The van der Waals surface area contributed by atoms with Crippen molar-refractivity contribution >= 4 is 40.8 Å². The zero-order chi connectivity index (χ0) is 37.1. The van der Waals surface area contributed by atoms with Gasteiger partial charge in [-0.3, -0.25) is 9.36 Å². The second-order valence-corrected chi connectivity index (χ2v) is 13.5. The molecule has 9 nitrogen and oxygen atoms in total. The lowest BCUT2D eigenvalue weighted by Crippen LogP contribution is -2.40. The molecule has 4 heterocycles. The SMILES string of the molecule is CCOC(=O)C1=C(c2ccccc2)N=c2s/c(=C\c3ccc(Sc4nc(-c5ccccc5)cc(C(F)(F)F)n4)o3)c(=O)n2[C@@H]1c1ccc(OCC)cc1. The number of alkyl halides is 3. The number of furan rings is 1. The highest BCUT2D eigenvalue weighted by Gasteiger charge is 2.36. The van der Waals surface area contributed by atoms with Crippen LogP contribution in [0.25, 0.3) is 23.0 Å². The number of esters is 1. The van der Waals surface area contributed by atoms with Crippen LogP contribution in [0.1, 0.15) is 42.5 Å². The van der Waals surface area contributed by atoms with Gasteiger partial charge in [0.25, 0.3) is 5.56 Å². The maximum Gasteiger partial charge on any atom is 0.433 e. The van der Waals surface area contributed by atoms with Gasteiger partial charge in [0.05, 0.1) is 40.8 Å². The maximum atomic E-state index is 14.3. The van der Waals surface area contributed by atoms with Gasteiger partial charge in [0, 0.05) is 17.2 Å². The van der Waals surface area contributed by atoms with E-state index in [4.69, 9.17) is 18.9 Å². The molecule has 1 aliphatic rings. The lowest BCUT2D eigenvalue weighted by Gasteiger charge is -2.26. The molecule has 0 saturated heterocycles. The molecule has 0 unspecified atom stereocenters. The molecule has 3 aromatic carbocycles. The van der Waals surface area contributed by atoms with E-state index in [-0.39, 0.29) is 38.4 Å². The van der Waals surface area contributed by atoms with Crippen molar-refractivity contribution in [2.75, 3.05) is 13.2 Å². The average Bonchev–Trinajstić information content (AvgIpc) is 3.74. The van der Waals surface area contributed by atoms with Gasteiger partial charge in [-0.25, -0.2) is 19.8 Å². The molecule has 6 aromatic rings. The minimum Gasteiger partial charge on any atom is -0.494 e. The van der Waals surface area contributed by atoms with E-state index in [1.165, 1.54) is 10.6 Å². The van der Waals surface area contributed by atoms with Crippen LogP contribution in [0, 0.1) is 0 Å². The molecule has 0 fully saturated rings. The van der Waals surface area contributed by atoms with Gasteiger partial charge in [-0.2, -0.15) is 13.2 Å². The van der Waals surface area contributed by atoms with Gasteiger partial charge in [0.1, 0.15) is 17.2 Å². The Kier molecular flexibility index (Phi) is 10.2. The molecular weight excluding hydrogens is 726 g/mol. The van der Waals surface area contributed by atoms with Crippen molar-refractivity contribution in [3.8, 4) is 17.0 Å². The minimum atomic E-state index is -4.69. The average molecular weight is 755 g/mol. The Labute approximate surface area is 308 Å². The molecule has 53 heavy (non-hydrogen) atoms. The number of rotatable bonds is 10. The zero-order valence-electron chi connectivity index (χ0n) is 28.2. The monoisotopic (exact) mass is 754 g/mol. The summed E-state index contributed by atoms with van der Waals surface area (Å²) in [5.41, 5.74) is 0.994. The largest absolute Gasteiger partial charge is 0.494 e. The molecule has 0 N–H and O–H groups in total. The van der Waals surface area contributed by atoms with E-state index < -0.39 is 29.4 Å². The number of carbonyl (C=O) groups excluding carboxylic acids is 1. The quantitative estimate of drug-likeness (QED) is 0.104. The van der Waals surface area contributed by atoms with Crippen molar-refractivity contribution in [3.05, 3.63) is 151 Å². The molecule has 1 aliphatic heterocycles. The normalized spacial score (nSPS) is 14.5. The van der Waals surface area contributed by atoms with E-state index in [0.29, 0.717) is 39.5 Å². The molecular formula is C39H29F3N4O5S2. The number of aromatic nitrogens is 3. The Morgan fingerprint density at radius 3 is 2.28 bits per heavy atom. The highest BCUT2D eigenvalue weighted by atomic mass is 32.2. The Balaban J connectivity index is 1.31. The molecule has 0 saturated carbocycles. The van der Waals surface area contributed by atoms with Crippen LogP contribution in [-0.2, 0) is 15.7 Å². The predicted octanol–water partition coefficient (Wildman–Crippen LogP) is 7.55. The summed E-state index contributed by atoms with van der Waals surface area (Å²) in [6, 6.07) is 28.0. The number of fused-ring (bicyclic) bond motifs is 1. The molecule has 0 amide bonds. The van der Waals surface area contributed by atoms with Crippen LogP contribution >= 0.6 is 23.1 Å². The standard InChI is InChI=1S/C39H29F3N4O5S2/c1-3-49-26-17-15-25(16-18-26)34-32(36(48)50-4-2)33(24-13-9-6-10-14-24)45-38-46(34)35(47)29(52-38)21-27-19-20-31(51-27)53-37-43-28(23-11-7-5-8-12-23)22-30(44-37)39(40,41)42/h5-22,34H,3-4H2,1-2H3/b29-21-/t34-/m1/s1. The summed E-state index contributed by atoms with van der Waals surface area (Å²) in [7, 11) is 0. The number of hydrogen-bond acceptors (Lipinski definition) is 10. The third kappa shape index (κ3) is 7.59. The molecule has 7 rings (SSSR count). The summed E-state index contributed by atoms with van der Waals surface area (Å²) in [5, 5.41) is 0.0554. The lowest BCUT2D eigenvalue weighted by atomic mass is 9.93. The van der Waals surface area contributed by atoms with Gasteiger partial charge in [-0.1, -0.05) is 84.1 Å². The topological polar surface area (TPSA) is 109 Å². The molecule has 0 aliphatic carbocycles. The van der Waals surface area contributed by atoms with Crippen LogP contribution in [0.4, 0.5) is 13.2 Å². The van der Waals surface area contributed by atoms with Crippen molar-refractivity contribution < 1.29 is 31.9 Å². The molecule has 3 aromatic heterocycles. The molecule has 0 spiro atoms. The van der Waals surface area contributed by atoms with Crippen molar-refractivity contribution in [2.45, 2.75) is 36.3 Å². The van der Waals surface area contributed by atoms with Gasteiger partial charge in [-0.15, -0.1) is 0 Å². The number of nitrogens with zero attached hydrogens (tertiary/aromatic N) is 4. The van der Waals surface area contributed by atoms with E-state index in [1.54, 1.807) is 73.7 Å². The number of ether oxygens (including phenoxy) is 2. The van der Waals surface area contributed by atoms with Gasteiger partial charge >= 0.3 is 12.1 Å². The van der Waals surface area contributed by atoms with E-state index >= 15 is 0 Å². The highest BCUT2D eigenvalue weighted by Crippen LogP contribution is 2.37. The molecule has 1 atom stereocenters. The van der Waals surface area contributed by atoms with Crippen molar-refractivity contribution in [2.24, 2.45) is 4.99 Å². The van der Waals surface area contributed by atoms with Crippen LogP contribution < -0.4 is 19.6 Å². The zero-order valence-corrected chi connectivity index (χ0v) is 29.8. The highest BCUT2D eigenvalue weighted by molar-refractivity contribution is 7.99. The summed E-state index contributed by atoms with van der Waals surface area (Å²) >= 11 is 1.93. The third-order valence-electron chi connectivity index (χ3n) is 8.01. The fourth-order valence-corrected chi connectivity index (χ4v) is 7.45. The number of carbonyl (C=O) groups is 1. The summed E-state index contributed by atoms with van der Waals surface area (Å²) in [6.07, 6.45) is -3.16. The van der Waals surface area contributed by atoms with E-state index in [1.807, 2.05) is 37.3 Å². The summed E-state index contributed by atoms with van der Waals surface area (Å²) in [6.45, 7) is 4.17. The Bertz CT molecular complexity index is 2490. The van der Waals surface area contributed by atoms with Crippen LogP contribution in [0.5, 0.6) is 5.75 Å². The predicted molar refractivity (Wildman–Crippen MR) is 194 cm³/mol. The van der Waals surface area contributed by atoms with E-state index in [2.05, 4.69) is 9.97 Å². The summed E-state index contributed by atoms with van der Waals surface area (Å²) in [4.78, 5) is 41.2. The van der Waals surface area contributed by atoms with Crippen LogP contribution in [0.15, 0.2) is 133 Å². The lowest BCUT2D eigenvalue weighted by molar-refractivity contribution is -0.141. The summed E-state index contributed by atoms with van der Waals surface area (Å²) in [5.74, 6) is 0.286. The van der Waals surface area contributed by atoms with Gasteiger partial charge in [0.2, 0.25) is 0 Å². The third-order valence-corrected chi connectivity index (χ3v) is 9.78. The van der Waals surface area contributed by atoms with Gasteiger partial charge in [0.15, 0.2) is 15.1 Å². The first kappa shape index (κ1) is 35.7. The molecule has 0 bridgehead atoms. The van der Waals surface area contributed by atoms with E-state index in [0.717, 1.165) is 29.2 Å². The van der Waals surface area contributed by atoms with Crippen LogP contribution in [0.3, 0.4) is 0 Å². The van der Waals surface area contributed by atoms with Gasteiger partial charge in [-0.05, 0) is 61.5 Å². The molecule has 268 valence electrons. The number of halogens is 3. The maximum absolute atomic E-state index is 14.3. The minimum absolute atomic E-state index is 0.113. The van der Waals surface area contributed by atoms with Gasteiger partial charge < -0.3 is 13.9 Å². The second-order valence-electron chi connectivity index (χ2n) is 11.5. The first-order chi connectivity index (χ1) is 25.6. The Morgan fingerprint density at radius 1 is 0.925 bits per heavy atom. The summed E-state index contributed by atoms with van der Waals surface area (Å²) < 4.78 is 60.2. The van der Waals surface area contributed by atoms with Crippen LogP contribution in [0.2, 0.25) is 0 Å². The van der Waals surface area contributed by atoms with E-state index in [9.17, 15) is 22.8 Å². The first-order valence-corrected chi connectivity index (χ1v) is 18.1. The van der Waals surface area contributed by atoms with Crippen molar-refractivity contribution in [3.63, 3.8) is 0 Å². The van der Waals surface area contributed by atoms with Crippen molar-refractivity contribution in [1.29, 1.82) is 0 Å². The van der Waals surface area contributed by atoms with Crippen molar-refractivity contribution in [1.82, 2.24) is 14.5 Å². The number of thiazole rings is 1. The Morgan fingerprint density at radius 2 is 1.62 bits per heavy atom. The Hall–Kier alpha value is -5.73. The molecule has 14 heteroatoms.